The van der Waals surface area contributed by atoms with Crippen molar-refractivity contribution >= 4 is 43.1 Å². The fourth-order valence-electron chi connectivity index (χ4n) is 10.8. The summed E-state index contributed by atoms with van der Waals surface area (Å²) in [5.74, 6) is -39.7. The second-order valence-corrected chi connectivity index (χ2v) is 20.3. The topological polar surface area (TPSA) is 118 Å². The van der Waals surface area contributed by atoms with Gasteiger partial charge in [-0.3, -0.25) is 0 Å². The molecule has 12 aromatic carbocycles. The highest BCUT2D eigenvalue weighted by molar-refractivity contribution is 6.13. The molecule has 0 radical (unpaired) electrons. The molecule has 0 aliphatic carbocycles. The van der Waals surface area contributed by atoms with Crippen molar-refractivity contribution in [2.24, 2.45) is 0 Å². The molecule has 24 heteroatoms. The van der Waals surface area contributed by atoms with Gasteiger partial charge in [-0.2, -0.15) is 4.39 Å². The van der Waals surface area contributed by atoms with Crippen LogP contribution in [0.15, 0.2) is 121 Å². The zero-order valence-electron chi connectivity index (χ0n) is 47.0. The smallest absolute Gasteiger partial charge is 0.211 e. The van der Waals surface area contributed by atoms with Crippen molar-refractivity contribution in [2.45, 2.75) is 13.8 Å². The van der Waals surface area contributed by atoms with Crippen molar-refractivity contribution in [3.8, 4) is 102 Å². The molecule has 0 spiro atoms. The van der Waals surface area contributed by atoms with Gasteiger partial charge in [-0.25, -0.2) is 65.9 Å². The van der Waals surface area contributed by atoms with Gasteiger partial charge in [0.2, 0.25) is 29.0 Å². The van der Waals surface area contributed by atoms with Crippen molar-refractivity contribution < 1.29 is 110 Å². The van der Waals surface area contributed by atoms with E-state index >= 15 is 22.0 Å². The third kappa shape index (κ3) is 9.83. The summed E-state index contributed by atoms with van der Waals surface area (Å²) in [6, 6.07) is 35.0. The van der Waals surface area contributed by atoms with E-state index < -0.39 is 138 Å². The van der Waals surface area contributed by atoms with Crippen LogP contribution in [-0.4, -0.2) is 34.6 Å². The first-order chi connectivity index (χ1) is 43.8. The molecule has 4 N–H and O–H groups in total. The molecule has 0 atom stereocenters. The van der Waals surface area contributed by atoms with E-state index in [1.807, 2.05) is 42.5 Å². The van der Waals surface area contributed by atoms with E-state index in [1.165, 1.54) is 32.4 Å². The summed E-state index contributed by atoms with van der Waals surface area (Å²) in [5.41, 5.74) is -6.86. The van der Waals surface area contributed by atoms with Crippen LogP contribution >= 0.6 is 0 Å². The van der Waals surface area contributed by atoms with E-state index in [9.17, 15) is 68.7 Å². The Labute approximate surface area is 506 Å². The second kappa shape index (κ2) is 23.7. The van der Waals surface area contributed by atoms with Crippen LogP contribution in [0.2, 0.25) is 0 Å². The number of rotatable bonds is 6. The molecular formula is C68H36F16O8. The van der Waals surface area contributed by atoms with Crippen LogP contribution in [0.3, 0.4) is 0 Å². The predicted molar refractivity (Wildman–Crippen MR) is 306 cm³/mol. The molecule has 0 aromatic heterocycles. The third-order valence-corrected chi connectivity index (χ3v) is 15.3. The minimum atomic E-state index is -2.68. The predicted octanol–water partition coefficient (Wildman–Crippen LogP) is 19.9. The first kappa shape index (κ1) is 62.6. The molecule has 0 saturated carbocycles. The zero-order chi connectivity index (χ0) is 66.4. The van der Waals surface area contributed by atoms with Crippen molar-refractivity contribution in [2.75, 3.05) is 14.2 Å². The Balaban J connectivity index is 0.000000158. The van der Waals surface area contributed by atoms with Gasteiger partial charge in [-0.05, 0) is 92.3 Å². The molecule has 12 aromatic rings. The Morgan fingerprint density at radius 2 is 0.620 bits per heavy atom. The average Bonchev–Trinajstić information content (AvgIpc) is 0.727. The van der Waals surface area contributed by atoms with Gasteiger partial charge >= 0.3 is 0 Å². The van der Waals surface area contributed by atoms with Gasteiger partial charge in [-0.1, -0.05) is 97.1 Å². The van der Waals surface area contributed by atoms with Gasteiger partial charge in [-0.15, -0.1) is 0 Å². The van der Waals surface area contributed by atoms with Crippen LogP contribution in [0.25, 0.3) is 87.6 Å². The van der Waals surface area contributed by atoms with Crippen LogP contribution in [-0.2, 0) is 0 Å². The second-order valence-electron chi connectivity index (χ2n) is 20.3. The number of aromatic hydroxyl groups is 4. The van der Waals surface area contributed by atoms with Crippen molar-refractivity contribution in [3.63, 3.8) is 0 Å². The highest BCUT2D eigenvalue weighted by atomic mass is 19.2. The fraction of sp³-hybridized carbons (Fsp3) is 0.0588. The van der Waals surface area contributed by atoms with Gasteiger partial charge in [0.15, 0.2) is 116 Å². The minimum absolute atomic E-state index is 0.102. The number of phenols is 4. The van der Waals surface area contributed by atoms with Gasteiger partial charge in [0.25, 0.3) is 0 Å². The number of ether oxygens (including phenoxy) is 4. The normalized spacial score (nSPS) is 11.6. The summed E-state index contributed by atoms with van der Waals surface area (Å²) in [4.78, 5) is 0. The molecule has 8 nitrogen and oxygen atoms in total. The molecule has 0 fully saturated rings. The third-order valence-electron chi connectivity index (χ3n) is 15.3. The lowest BCUT2D eigenvalue weighted by Crippen LogP contribution is -2.11. The van der Waals surface area contributed by atoms with E-state index in [2.05, 4.69) is 0 Å². The van der Waals surface area contributed by atoms with Crippen molar-refractivity contribution in [3.05, 3.63) is 226 Å². The SMILES string of the molecule is COc1cc2ccccc2c(-c2c3c(cc4ccccc24)Oc2c(F)c(F)c(-c4c(F)c(C)c(C)c(F)c4F)c(F)c2O3)c1OC.Fc1c(F)c(F)c(-c2c(F)c(F)c(F)c(F)c2F)c(F)c1F.Oc1cc2ccccc2c(-c2c(O)c(O)cc3ccccc23)c1O. The molecule has 0 amide bonds. The van der Waals surface area contributed by atoms with Crippen molar-refractivity contribution in [1.82, 2.24) is 0 Å². The fourth-order valence-corrected chi connectivity index (χ4v) is 10.8. The van der Waals surface area contributed by atoms with E-state index in [0.717, 1.165) is 30.0 Å². The molecule has 0 unspecified atom stereocenters. The number of methoxy groups -OCH3 is 2. The van der Waals surface area contributed by atoms with E-state index in [1.54, 1.807) is 60.7 Å². The molecule has 1 aliphatic heterocycles. The summed E-state index contributed by atoms with van der Waals surface area (Å²) in [6.07, 6.45) is 0. The standard InChI is InChI=1S/C36H22F6O4.C20H14O4.C12F10/c1-15-16(2)28(38)29(39)25(27(15)37)26-30(40)32(42)36-35(31(26)41)46-34-22(45-36)14-18-10-6-8-12-20(18)24(34)23-19-11-7-5-9-17(19)13-21(43-3)33(23)44-4;21-15-9-11-5-1-3-7-13(11)17(19(15)23)18-14-8-4-2-6-12(14)10-16(22)20(18)24;13-3-1(4(14)8(18)11(21)7(3)17)2-5(15)9(19)12(22)10(20)6(2)16/h5-14H,1-4H3;1-10,21-24H;. The first-order valence-electron chi connectivity index (χ1n) is 26.6. The number of fused-ring (bicyclic) bond motifs is 6. The van der Waals surface area contributed by atoms with Crippen LogP contribution in [0.5, 0.6) is 57.5 Å². The van der Waals surface area contributed by atoms with Gasteiger partial charge in [0, 0.05) is 22.3 Å². The summed E-state index contributed by atoms with van der Waals surface area (Å²) in [7, 11) is 2.91. The number of phenolic OH excluding ortho intramolecular Hbond substituents is 4. The lowest BCUT2D eigenvalue weighted by molar-refractivity contribution is 0.318. The number of benzene rings is 12. The van der Waals surface area contributed by atoms with Crippen LogP contribution in [0.4, 0.5) is 70.2 Å². The quantitative estimate of drug-likeness (QED) is 0.0563. The van der Waals surface area contributed by atoms with Crippen LogP contribution in [0, 0.1) is 107 Å². The molecule has 468 valence electrons. The van der Waals surface area contributed by atoms with Crippen molar-refractivity contribution in [1.29, 1.82) is 0 Å². The molecule has 1 aliphatic rings. The minimum Gasteiger partial charge on any atom is -0.504 e. The first-order valence-corrected chi connectivity index (χ1v) is 26.6. The lowest BCUT2D eigenvalue weighted by Gasteiger charge is -2.27. The van der Waals surface area contributed by atoms with E-state index in [4.69, 9.17) is 18.9 Å². The highest BCUT2D eigenvalue weighted by Crippen LogP contribution is 2.59. The molecular weight excluding hydrogens is 1250 g/mol. The highest BCUT2D eigenvalue weighted by Gasteiger charge is 2.39. The zero-order valence-corrected chi connectivity index (χ0v) is 47.0. The maximum atomic E-state index is 16.4. The molecule has 13 rings (SSSR count). The van der Waals surface area contributed by atoms with Crippen LogP contribution < -0.4 is 18.9 Å². The summed E-state index contributed by atoms with van der Waals surface area (Å²) >= 11 is 0. The molecule has 0 bridgehead atoms. The Morgan fingerprint density at radius 1 is 0.293 bits per heavy atom. The number of hydrogen-bond donors (Lipinski definition) is 4. The van der Waals surface area contributed by atoms with Gasteiger partial charge < -0.3 is 39.4 Å². The van der Waals surface area contributed by atoms with E-state index in [0.29, 0.717) is 43.8 Å². The summed E-state index contributed by atoms with van der Waals surface area (Å²) < 4.78 is 247. The maximum absolute atomic E-state index is 16.4. The Kier molecular flexibility index (Phi) is 16.1. The maximum Gasteiger partial charge on any atom is 0.211 e. The van der Waals surface area contributed by atoms with Gasteiger partial charge in [0.1, 0.15) is 5.82 Å². The van der Waals surface area contributed by atoms with E-state index in [-0.39, 0.29) is 51.4 Å². The van der Waals surface area contributed by atoms with Crippen LogP contribution in [0.1, 0.15) is 11.1 Å². The number of hydrogen-bond acceptors (Lipinski definition) is 8. The average molecular weight is 1280 g/mol. The largest absolute Gasteiger partial charge is 0.504 e. The molecule has 0 saturated heterocycles. The summed E-state index contributed by atoms with van der Waals surface area (Å²) in [6.45, 7) is 2.22. The molecule has 92 heavy (non-hydrogen) atoms. The van der Waals surface area contributed by atoms with Gasteiger partial charge in [0.05, 0.1) is 36.5 Å². The summed E-state index contributed by atoms with van der Waals surface area (Å²) in [5, 5.41) is 46.5. The Hall–Kier alpha value is -11.0. The monoisotopic (exact) mass is 1280 g/mol. The lowest BCUT2D eigenvalue weighted by atomic mass is 9.91. The Bertz CT molecular complexity index is 4890. The number of halogens is 16. The molecule has 1 heterocycles. The Morgan fingerprint density at radius 3 is 1.05 bits per heavy atom.